The molecule has 0 bridgehead atoms. The lowest BCUT2D eigenvalue weighted by Gasteiger charge is -2.38. The molecule has 1 aliphatic heterocycles. The van der Waals surface area contributed by atoms with E-state index in [1.807, 2.05) is 50.2 Å². The van der Waals surface area contributed by atoms with Gasteiger partial charge in [0.05, 0.1) is 11.9 Å². The van der Waals surface area contributed by atoms with Crippen molar-refractivity contribution < 1.29 is 23.1 Å². The molecule has 0 radical (unpaired) electrons. The Bertz CT molecular complexity index is 1410. The number of aliphatic hydroxyl groups is 1. The second-order valence-electron chi connectivity index (χ2n) is 9.91. The lowest BCUT2D eigenvalue weighted by atomic mass is 9.80. The molecule has 38 heavy (non-hydrogen) atoms. The molecule has 0 saturated carbocycles. The van der Waals surface area contributed by atoms with Crippen LogP contribution in [0.2, 0.25) is 0 Å². The Labute approximate surface area is 224 Å². The molecule has 8 nitrogen and oxygen atoms in total. The number of imidazole rings is 1. The van der Waals surface area contributed by atoms with Gasteiger partial charge >= 0.3 is 5.97 Å². The third-order valence-electron chi connectivity index (χ3n) is 7.00. The van der Waals surface area contributed by atoms with Crippen molar-refractivity contribution in [3.63, 3.8) is 0 Å². The monoisotopic (exact) mass is 537 g/mol. The van der Waals surface area contributed by atoms with E-state index in [1.165, 1.54) is 12.5 Å². The van der Waals surface area contributed by atoms with Crippen LogP contribution in [0.25, 0.3) is 0 Å². The van der Waals surface area contributed by atoms with Gasteiger partial charge in [-0.05, 0) is 48.9 Å². The van der Waals surface area contributed by atoms with Crippen LogP contribution in [0.4, 0.5) is 5.69 Å². The third-order valence-corrected chi connectivity index (χ3v) is 8.27. The average Bonchev–Trinajstić information content (AvgIpc) is 3.33. The van der Waals surface area contributed by atoms with Crippen molar-refractivity contribution in [2.24, 2.45) is 7.05 Å². The van der Waals surface area contributed by atoms with Crippen molar-refractivity contribution in [2.45, 2.75) is 68.9 Å². The Morgan fingerprint density at radius 2 is 1.89 bits per heavy atom. The summed E-state index contributed by atoms with van der Waals surface area (Å²) in [5, 5.41) is 11.1. The number of cyclic esters (lactones) is 1. The highest BCUT2D eigenvalue weighted by Gasteiger charge is 2.43. The lowest BCUT2D eigenvalue weighted by molar-refractivity contribution is -0.161. The molecule has 0 spiro atoms. The fraction of sp³-hybridized carbons (Fsp3) is 0.379. The van der Waals surface area contributed by atoms with Crippen LogP contribution in [-0.4, -0.2) is 34.6 Å². The molecule has 1 aromatic heterocycles. The van der Waals surface area contributed by atoms with Gasteiger partial charge in [-0.1, -0.05) is 62.7 Å². The number of hydrogen-bond donors (Lipinski definition) is 2. The number of aliphatic hydroxyl groups excluding tert-OH is 1. The zero-order chi connectivity index (χ0) is 27.3. The smallest absolute Gasteiger partial charge is 0.338 e. The van der Waals surface area contributed by atoms with Crippen molar-refractivity contribution in [2.75, 3.05) is 4.72 Å². The maximum atomic E-state index is 13.4. The zero-order valence-electron chi connectivity index (χ0n) is 22.1. The average molecular weight is 538 g/mol. The highest BCUT2D eigenvalue weighted by molar-refractivity contribution is 7.92. The van der Waals surface area contributed by atoms with Gasteiger partial charge in [-0.15, -0.1) is 0 Å². The number of rotatable bonds is 11. The molecular formula is C29H35N3O5S. The first kappa shape index (κ1) is 27.4. The number of ether oxygens (including phenoxy) is 1. The number of hydrogen-bond acceptors (Lipinski definition) is 6. The van der Waals surface area contributed by atoms with E-state index in [0.717, 1.165) is 18.4 Å². The molecule has 2 N–H and O–H groups in total. The fourth-order valence-electron chi connectivity index (χ4n) is 5.19. The molecule has 2 atom stereocenters. The first-order valence-electron chi connectivity index (χ1n) is 13.0. The highest BCUT2D eigenvalue weighted by Crippen LogP contribution is 2.42. The van der Waals surface area contributed by atoms with Gasteiger partial charge in [0.2, 0.25) is 0 Å². The number of nitrogens with one attached hydrogen (secondary N) is 1. The summed E-state index contributed by atoms with van der Waals surface area (Å²) >= 11 is 0. The van der Waals surface area contributed by atoms with Crippen LogP contribution in [0, 0.1) is 0 Å². The van der Waals surface area contributed by atoms with E-state index in [4.69, 9.17) is 4.74 Å². The fourth-order valence-corrected chi connectivity index (χ4v) is 6.22. The molecule has 3 aromatic rings. The summed E-state index contributed by atoms with van der Waals surface area (Å²) in [5.41, 5.74) is 1.69. The number of nitrogens with zero attached hydrogens (tertiary/aromatic N) is 2. The maximum Gasteiger partial charge on any atom is 0.338 e. The third kappa shape index (κ3) is 6.10. The molecule has 0 unspecified atom stereocenters. The van der Waals surface area contributed by atoms with Crippen LogP contribution in [-0.2, 0) is 33.0 Å². The number of aryl methyl sites for hydroxylation is 2. The number of anilines is 1. The maximum absolute atomic E-state index is 13.4. The van der Waals surface area contributed by atoms with Crippen molar-refractivity contribution >= 4 is 21.7 Å². The minimum atomic E-state index is -3.87. The molecule has 202 valence electrons. The molecule has 0 saturated heterocycles. The van der Waals surface area contributed by atoms with Crippen LogP contribution in [0.15, 0.2) is 83.5 Å². The Kier molecular flexibility index (Phi) is 8.26. The number of esters is 1. The molecule has 0 fully saturated rings. The second kappa shape index (κ2) is 11.4. The first-order valence-corrected chi connectivity index (χ1v) is 14.4. The molecule has 4 rings (SSSR count). The standard InChI is InChI=1S/C29H35N3O5S/c1-4-15-29(16-14-21-10-7-6-8-11-21)18-25(33)27(28(34)37-29)24(5-2)22-12-9-13-23(17-22)31-38(35,36)26-19-32(3)20-30-26/h6-13,17,19-20,24,31,33H,4-5,14-16,18H2,1-3H3/t24-,29-/m1/s1. The van der Waals surface area contributed by atoms with Crippen molar-refractivity contribution in [3.8, 4) is 0 Å². The van der Waals surface area contributed by atoms with E-state index in [-0.39, 0.29) is 22.8 Å². The van der Waals surface area contributed by atoms with Gasteiger partial charge in [0.15, 0.2) is 5.03 Å². The van der Waals surface area contributed by atoms with E-state index in [1.54, 1.807) is 29.8 Å². The van der Waals surface area contributed by atoms with Gasteiger partial charge in [-0.2, -0.15) is 8.42 Å². The Morgan fingerprint density at radius 1 is 1.13 bits per heavy atom. The molecule has 1 aliphatic rings. The molecule has 0 amide bonds. The number of benzene rings is 2. The number of carbonyl (C=O) groups is 1. The van der Waals surface area contributed by atoms with Gasteiger partial charge in [0, 0.05) is 31.3 Å². The summed E-state index contributed by atoms with van der Waals surface area (Å²) in [4.78, 5) is 17.3. The summed E-state index contributed by atoms with van der Waals surface area (Å²) in [7, 11) is -2.18. The summed E-state index contributed by atoms with van der Waals surface area (Å²) < 4.78 is 35.7. The van der Waals surface area contributed by atoms with E-state index in [0.29, 0.717) is 30.5 Å². The number of aromatic nitrogens is 2. The van der Waals surface area contributed by atoms with Crippen molar-refractivity contribution in [3.05, 3.63) is 89.6 Å². The second-order valence-corrected chi connectivity index (χ2v) is 11.5. The lowest BCUT2D eigenvalue weighted by Crippen LogP contribution is -2.41. The van der Waals surface area contributed by atoms with Gasteiger partial charge in [-0.25, -0.2) is 9.78 Å². The van der Waals surface area contributed by atoms with Crippen LogP contribution >= 0.6 is 0 Å². The molecule has 2 heterocycles. The minimum absolute atomic E-state index is 0.0501. The van der Waals surface area contributed by atoms with Crippen LogP contribution in [0.5, 0.6) is 0 Å². The summed E-state index contributed by atoms with van der Waals surface area (Å²) in [5.74, 6) is -0.911. The number of carbonyl (C=O) groups excluding carboxylic acids is 1. The summed E-state index contributed by atoms with van der Waals surface area (Å²) in [6.45, 7) is 3.97. The SMILES string of the molecule is CCC[C@@]1(CCc2ccccc2)CC(O)=C([C@H](CC)c2cccc(NS(=O)(=O)c3cn(C)cn3)c2)C(=O)O1. The largest absolute Gasteiger partial charge is 0.512 e. The Hall–Kier alpha value is -3.59. The van der Waals surface area contributed by atoms with Gasteiger partial charge in [0.25, 0.3) is 10.0 Å². The molecule has 9 heteroatoms. The first-order chi connectivity index (χ1) is 18.2. The molecule has 0 aliphatic carbocycles. The van der Waals surface area contributed by atoms with Crippen molar-refractivity contribution in [1.82, 2.24) is 9.55 Å². The van der Waals surface area contributed by atoms with E-state index >= 15 is 0 Å². The minimum Gasteiger partial charge on any atom is -0.512 e. The Morgan fingerprint density at radius 3 is 2.53 bits per heavy atom. The highest BCUT2D eigenvalue weighted by atomic mass is 32.2. The van der Waals surface area contributed by atoms with Gasteiger partial charge < -0.3 is 14.4 Å². The number of sulfonamides is 1. The van der Waals surface area contributed by atoms with Gasteiger partial charge in [0.1, 0.15) is 11.4 Å². The predicted molar refractivity (Wildman–Crippen MR) is 146 cm³/mol. The van der Waals surface area contributed by atoms with Crippen LogP contribution in [0.3, 0.4) is 0 Å². The summed E-state index contributed by atoms with van der Waals surface area (Å²) in [6, 6.07) is 16.9. The Balaban J connectivity index is 1.58. The van der Waals surface area contributed by atoms with Crippen molar-refractivity contribution in [1.29, 1.82) is 0 Å². The van der Waals surface area contributed by atoms with Gasteiger partial charge in [-0.3, -0.25) is 4.72 Å². The van der Waals surface area contributed by atoms with E-state index in [2.05, 4.69) is 9.71 Å². The molecule has 2 aromatic carbocycles. The normalized spacial score (nSPS) is 18.8. The topological polar surface area (TPSA) is 111 Å². The zero-order valence-corrected chi connectivity index (χ0v) is 22.9. The quantitative estimate of drug-likeness (QED) is 0.306. The van der Waals surface area contributed by atoms with Crippen LogP contribution < -0.4 is 4.72 Å². The van der Waals surface area contributed by atoms with Crippen LogP contribution in [0.1, 0.15) is 63.0 Å². The van der Waals surface area contributed by atoms with E-state index in [9.17, 15) is 18.3 Å². The summed E-state index contributed by atoms with van der Waals surface area (Å²) in [6.07, 6.45) is 6.46. The molecular weight excluding hydrogens is 502 g/mol. The van der Waals surface area contributed by atoms with E-state index < -0.39 is 27.5 Å². The predicted octanol–water partition coefficient (Wildman–Crippen LogP) is 5.65.